The lowest BCUT2D eigenvalue weighted by Gasteiger charge is -2.35. The predicted octanol–water partition coefficient (Wildman–Crippen LogP) is 3.55. The van der Waals surface area contributed by atoms with E-state index < -0.39 is 0 Å². The van der Waals surface area contributed by atoms with Crippen LogP contribution in [0.2, 0.25) is 0 Å². The maximum atomic E-state index is 3.58. The number of hydrogen-bond acceptors (Lipinski definition) is 3. The van der Waals surface area contributed by atoms with Gasteiger partial charge in [0.2, 0.25) is 0 Å². The van der Waals surface area contributed by atoms with Gasteiger partial charge in [-0.3, -0.25) is 4.90 Å². The van der Waals surface area contributed by atoms with Crippen LogP contribution in [-0.4, -0.2) is 31.1 Å². The molecule has 0 aromatic carbocycles. The quantitative estimate of drug-likeness (QED) is 0.857. The second kappa shape index (κ2) is 6.87. The summed E-state index contributed by atoms with van der Waals surface area (Å²) in [7, 11) is 0. The van der Waals surface area contributed by atoms with E-state index in [1.165, 1.54) is 19.5 Å². The van der Waals surface area contributed by atoms with Gasteiger partial charge in [0, 0.05) is 24.0 Å². The Morgan fingerprint density at radius 2 is 2.16 bits per heavy atom. The Labute approximate surface area is 122 Å². The van der Waals surface area contributed by atoms with Crippen molar-refractivity contribution in [2.45, 2.75) is 40.2 Å². The molecule has 0 saturated heterocycles. The molecule has 2 unspecified atom stereocenters. The Morgan fingerprint density at radius 3 is 2.89 bits per heavy atom. The van der Waals surface area contributed by atoms with Gasteiger partial charge in [0.05, 0.1) is 0 Å². The molecule has 0 spiro atoms. The van der Waals surface area contributed by atoms with Crippen LogP contribution in [0.15, 0.2) is 11.4 Å². The van der Waals surface area contributed by atoms with E-state index in [4.69, 9.17) is 0 Å². The van der Waals surface area contributed by atoms with Gasteiger partial charge in [-0.25, -0.2) is 0 Å². The summed E-state index contributed by atoms with van der Waals surface area (Å²) in [5.74, 6) is 1.47. The molecule has 1 aromatic heterocycles. The fraction of sp³-hybridized carbons (Fsp3) is 0.750. The molecule has 0 bridgehead atoms. The highest BCUT2D eigenvalue weighted by molar-refractivity contribution is 7.10. The van der Waals surface area contributed by atoms with Crippen molar-refractivity contribution < 1.29 is 0 Å². The fourth-order valence-corrected chi connectivity index (χ4v) is 3.86. The standard InChI is InChI=1S/C16H28N2S/c1-12(2)9-17-10-13(3)11-18-7-5-16-15(14(18)4)6-8-19-16/h6,8,12-14,17H,5,7,9-11H2,1-4H3. The van der Waals surface area contributed by atoms with Crippen molar-refractivity contribution in [1.29, 1.82) is 0 Å². The Morgan fingerprint density at radius 1 is 1.37 bits per heavy atom. The summed E-state index contributed by atoms with van der Waals surface area (Å²) >= 11 is 1.93. The zero-order valence-electron chi connectivity index (χ0n) is 12.8. The summed E-state index contributed by atoms with van der Waals surface area (Å²) in [5, 5.41) is 5.83. The smallest absolute Gasteiger partial charge is 0.0331 e. The number of rotatable bonds is 6. The van der Waals surface area contributed by atoms with Crippen LogP contribution in [0.1, 0.15) is 44.2 Å². The van der Waals surface area contributed by atoms with Crippen molar-refractivity contribution in [3.05, 3.63) is 21.9 Å². The van der Waals surface area contributed by atoms with Gasteiger partial charge in [0.1, 0.15) is 0 Å². The SMILES string of the molecule is CC(C)CNCC(C)CN1CCc2sccc2C1C. The summed E-state index contributed by atoms with van der Waals surface area (Å²) in [6.07, 6.45) is 1.24. The summed E-state index contributed by atoms with van der Waals surface area (Å²) in [5.41, 5.74) is 1.57. The van der Waals surface area contributed by atoms with E-state index in [1.54, 1.807) is 10.4 Å². The minimum Gasteiger partial charge on any atom is -0.316 e. The molecule has 19 heavy (non-hydrogen) atoms. The lowest BCUT2D eigenvalue weighted by atomic mass is 9.99. The van der Waals surface area contributed by atoms with Gasteiger partial charge in [-0.05, 0) is 55.3 Å². The molecule has 0 fully saturated rings. The van der Waals surface area contributed by atoms with Crippen molar-refractivity contribution >= 4 is 11.3 Å². The molecule has 3 heteroatoms. The van der Waals surface area contributed by atoms with Crippen LogP contribution in [0.3, 0.4) is 0 Å². The third-order valence-corrected chi connectivity index (χ3v) is 4.99. The third-order valence-electron chi connectivity index (χ3n) is 4.00. The molecule has 0 amide bonds. The average Bonchev–Trinajstić information content (AvgIpc) is 2.81. The Hall–Kier alpha value is -0.380. The van der Waals surface area contributed by atoms with E-state index in [9.17, 15) is 0 Å². The first-order valence-electron chi connectivity index (χ1n) is 7.59. The van der Waals surface area contributed by atoms with Gasteiger partial charge >= 0.3 is 0 Å². The highest BCUT2D eigenvalue weighted by Crippen LogP contribution is 2.32. The van der Waals surface area contributed by atoms with Gasteiger partial charge in [-0.2, -0.15) is 0 Å². The van der Waals surface area contributed by atoms with Gasteiger partial charge in [-0.15, -0.1) is 11.3 Å². The minimum absolute atomic E-state index is 0.600. The first kappa shape index (κ1) is 15.0. The van der Waals surface area contributed by atoms with Crippen LogP contribution in [0.4, 0.5) is 0 Å². The summed E-state index contributed by atoms with van der Waals surface area (Å²) in [6.45, 7) is 14.0. The van der Waals surface area contributed by atoms with Crippen molar-refractivity contribution in [2.24, 2.45) is 11.8 Å². The van der Waals surface area contributed by atoms with Gasteiger partial charge < -0.3 is 5.32 Å². The maximum Gasteiger partial charge on any atom is 0.0331 e. The molecule has 108 valence electrons. The second-order valence-corrected chi connectivity index (χ2v) is 7.38. The molecule has 2 atom stereocenters. The van der Waals surface area contributed by atoms with E-state index in [2.05, 4.69) is 49.4 Å². The number of hydrogen-bond donors (Lipinski definition) is 1. The van der Waals surface area contributed by atoms with E-state index >= 15 is 0 Å². The molecule has 1 aliphatic heterocycles. The summed E-state index contributed by atoms with van der Waals surface area (Å²) < 4.78 is 0. The molecule has 0 aliphatic carbocycles. The summed E-state index contributed by atoms with van der Waals surface area (Å²) in [4.78, 5) is 4.26. The largest absolute Gasteiger partial charge is 0.316 e. The highest BCUT2D eigenvalue weighted by atomic mass is 32.1. The molecular weight excluding hydrogens is 252 g/mol. The lowest BCUT2D eigenvalue weighted by molar-refractivity contribution is 0.172. The lowest BCUT2D eigenvalue weighted by Crippen LogP contribution is -2.39. The summed E-state index contributed by atoms with van der Waals surface area (Å²) in [6, 6.07) is 2.92. The monoisotopic (exact) mass is 280 g/mol. The Balaban J connectivity index is 1.80. The number of thiophene rings is 1. The number of nitrogens with zero attached hydrogens (tertiary/aromatic N) is 1. The third kappa shape index (κ3) is 4.04. The Kier molecular flexibility index (Phi) is 5.43. The molecule has 2 nitrogen and oxygen atoms in total. The second-order valence-electron chi connectivity index (χ2n) is 6.38. The van der Waals surface area contributed by atoms with Crippen LogP contribution < -0.4 is 5.32 Å². The first-order chi connectivity index (χ1) is 9.08. The van der Waals surface area contributed by atoms with Gasteiger partial charge in [0.15, 0.2) is 0 Å². The van der Waals surface area contributed by atoms with Crippen LogP contribution in [0, 0.1) is 11.8 Å². The van der Waals surface area contributed by atoms with Crippen LogP contribution in [0.5, 0.6) is 0 Å². The van der Waals surface area contributed by atoms with Crippen LogP contribution >= 0.6 is 11.3 Å². The zero-order valence-corrected chi connectivity index (χ0v) is 13.6. The van der Waals surface area contributed by atoms with Crippen molar-refractivity contribution in [3.8, 4) is 0 Å². The first-order valence-corrected chi connectivity index (χ1v) is 8.47. The minimum atomic E-state index is 0.600. The molecule has 2 rings (SSSR count). The predicted molar refractivity (Wildman–Crippen MR) is 84.9 cm³/mol. The fourth-order valence-electron chi connectivity index (χ4n) is 2.89. The molecule has 1 N–H and O–H groups in total. The van der Waals surface area contributed by atoms with Crippen molar-refractivity contribution in [3.63, 3.8) is 0 Å². The molecule has 0 saturated carbocycles. The molecule has 0 radical (unpaired) electrons. The van der Waals surface area contributed by atoms with E-state index in [-0.39, 0.29) is 0 Å². The molecule has 1 aliphatic rings. The van der Waals surface area contributed by atoms with Crippen LogP contribution in [-0.2, 0) is 6.42 Å². The number of fused-ring (bicyclic) bond motifs is 1. The van der Waals surface area contributed by atoms with E-state index in [0.717, 1.165) is 24.9 Å². The number of nitrogens with one attached hydrogen (secondary N) is 1. The normalized spacial score (nSPS) is 21.6. The molecular formula is C16H28N2S. The zero-order chi connectivity index (χ0) is 13.8. The topological polar surface area (TPSA) is 15.3 Å². The van der Waals surface area contributed by atoms with Crippen LogP contribution in [0.25, 0.3) is 0 Å². The van der Waals surface area contributed by atoms with Gasteiger partial charge in [0.25, 0.3) is 0 Å². The highest BCUT2D eigenvalue weighted by Gasteiger charge is 2.25. The average molecular weight is 280 g/mol. The molecule has 2 heterocycles. The maximum absolute atomic E-state index is 3.58. The van der Waals surface area contributed by atoms with E-state index in [1.807, 2.05) is 11.3 Å². The Bertz CT molecular complexity index is 386. The van der Waals surface area contributed by atoms with Crippen molar-refractivity contribution in [2.75, 3.05) is 26.2 Å². The van der Waals surface area contributed by atoms with Gasteiger partial charge in [-0.1, -0.05) is 20.8 Å². The van der Waals surface area contributed by atoms with E-state index in [0.29, 0.717) is 6.04 Å². The molecule has 1 aromatic rings. The van der Waals surface area contributed by atoms with Crippen molar-refractivity contribution in [1.82, 2.24) is 10.2 Å².